The number of dihydropyridines is 1. The van der Waals surface area contributed by atoms with Crippen LogP contribution in [0.1, 0.15) is 25.0 Å². The van der Waals surface area contributed by atoms with Crippen molar-refractivity contribution in [1.29, 1.82) is 0 Å². The average Bonchev–Trinajstić information content (AvgIpc) is 3.61. The van der Waals surface area contributed by atoms with Crippen molar-refractivity contribution >= 4 is 41.5 Å². The zero-order chi connectivity index (χ0) is 27.4. The molecule has 5 rings (SSSR count). The summed E-state index contributed by atoms with van der Waals surface area (Å²) in [5.74, 6) is -1.02. The van der Waals surface area contributed by atoms with Crippen molar-refractivity contribution in [2.24, 2.45) is 0 Å². The van der Waals surface area contributed by atoms with Crippen LogP contribution in [-0.2, 0) is 25.6 Å². The van der Waals surface area contributed by atoms with E-state index in [1.54, 1.807) is 25.5 Å². The van der Waals surface area contributed by atoms with Gasteiger partial charge in [-0.25, -0.2) is 14.6 Å². The minimum atomic E-state index is -0.709. The topological polar surface area (TPSA) is 97.7 Å². The predicted octanol–water partition coefficient (Wildman–Crippen LogP) is 4.68. The van der Waals surface area contributed by atoms with Gasteiger partial charge in [0.05, 0.1) is 48.1 Å². The Balaban J connectivity index is 1.31. The summed E-state index contributed by atoms with van der Waals surface area (Å²) in [6, 6.07) is 15.2. The second-order valence-corrected chi connectivity index (χ2v) is 9.89. The van der Waals surface area contributed by atoms with Gasteiger partial charge in [-0.15, -0.1) is 0 Å². The number of hydrogen-bond donors (Lipinski definition) is 2. The second-order valence-electron chi connectivity index (χ2n) is 9.11. The molecular formula is C29H29N5O4S. The molecule has 9 nitrogen and oxygen atoms in total. The molecular weight excluding hydrogens is 514 g/mol. The van der Waals surface area contributed by atoms with Crippen LogP contribution in [0.25, 0.3) is 6.08 Å². The Morgan fingerprint density at radius 2 is 1.79 bits per heavy atom. The molecule has 1 unspecified atom stereocenters. The zero-order valence-corrected chi connectivity index (χ0v) is 22.7. The highest BCUT2D eigenvalue weighted by Crippen LogP contribution is 2.45. The van der Waals surface area contributed by atoms with Gasteiger partial charge in [0.2, 0.25) is 0 Å². The Kier molecular flexibility index (Phi) is 7.74. The Labute approximate surface area is 231 Å². The molecule has 0 saturated carbocycles. The summed E-state index contributed by atoms with van der Waals surface area (Å²) >= 11 is 1.31. The van der Waals surface area contributed by atoms with E-state index in [0.29, 0.717) is 22.5 Å². The predicted molar refractivity (Wildman–Crippen MR) is 152 cm³/mol. The number of rotatable bonds is 8. The molecule has 2 aromatic carbocycles. The number of carbonyl (C=O) groups is 2. The van der Waals surface area contributed by atoms with E-state index in [1.807, 2.05) is 64.5 Å². The van der Waals surface area contributed by atoms with Crippen molar-refractivity contribution in [2.75, 3.05) is 22.7 Å². The third-order valence-electron chi connectivity index (χ3n) is 6.51. The number of methoxy groups -OCH3 is 1. The van der Waals surface area contributed by atoms with Gasteiger partial charge in [0, 0.05) is 30.3 Å². The lowest BCUT2D eigenvalue weighted by Gasteiger charge is -2.35. The van der Waals surface area contributed by atoms with Crippen molar-refractivity contribution in [2.45, 2.75) is 26.4 Å². The molecule has 0 spiro atoms. The molecule has 39 heavy (non-hydrogen) atoms. The Bertz CT molecular complexity index is 1460. The highest BCUT2D eigenvalue weighted by molar-refractivity contribution is 8.02. The van der Waals surface area contributed by atoms with Crippen LogP contribution >= 0.6 is 12.1 Å². The zero-order valence-electron chi connectivity index (χ0n) is 21.9. The number of imidazole rings is 1. The smallest absolute Gasteiger partial charge is 0.338 e. The summed E-state index contributed by atoms with van der Waals surface area (Å²) in [6.07, 6.45) is 9.18. The Hall–Kier alpha value is -4.44. The number of nitrogens with one attached hydrogen (secondary N) is 2. The number of anilines is 2. The van der Waals surface area contributed by atoms with Crippen molar-refractivity contribution in [3.05, 3.63) is 107 Å². The number of hydrogen-bond acceptors (Lipinski definition) is 9. The molecule has 10 heteroatoms. The fourth-order valence-corrected chi connectivity index (χ4v) is 5.59. The van der Waals surface area contributed by atoms with E-state index in [9.17, 15) is 9.59 Å². The maximum Gasteiger partial charge on any atom is 0.338 e. The van der Waals surface area contributed by atoms with Gasteiger partial charge in [-0.2, -0.15) is 0 Å². The van der Waals surface area contributed by atoms with Gasteiger partial charge < -0.3 is 24.1 Å². The first-order chi connectivity index (χ1) is 19.0. The summed E-state index contributed by atoms with van der Waals surface area (Å²) in [5.41, 5.74) is 5.87. The van der Waals surface area contributed by atoms with Gasteiger partial charge in [-0.05, 0) is 43.2 Å². The number of nitrogens with zero attached hydrogens (tertiary/aromatic N) is 3. The molecule has 200 valence electrons. The van der Waals surface area contributed by atoms with Crippen LogP contribution in [-0.4, -0.2) is 41.2 Å². The molecule has 2 aliphatic rings. The summed E-state index contributed by atoms with van der Waals surface area (Å²) in [6.45, 7) is 4.44. The lowest BCUT2D eigenvalue weighted by Crippen LogP contribution is -2.44. The van der Waals surface area contributed by atoms with Gasteiger partial charge in [-0.1, -0.05) is 42.5 Å². The lowest BCUT2D eigenvalue weighted by molar-refractivity contribution is -0.138. The largest absolute Gasteiger partial charge is 0.466 e. The molecule has 2 N–H and O–H groups in total. The number of para-hydroxylation sites is 2. The van der Waals surface area contributed by atoms with Gasteiger partial charge in [-0.3, -0.25) is 4.31 Å². The average molecular weight is 544 g/mol. The third kappa shape index (κ3) is 5.56. The number of allylic oxidation sites excluding steroid dienone is 2. The molecule has 0 radical (unpaired) electrons. The summed E-state index contributed by atoms with van der Waals surface area (Å²) in [7, 11) is 1.33. The van der Waals surface area contributed by atoms with Gasteiger partial charge in [0.15, 0.2) is 0 Å². The SMILES string of the molecule is COC(=O)C1=C(C)NC(C)=C(C(=O)OC/C=C/c2ccc(Cn3ccnc3)cc2)C1N1SNc2ccccc21. The summed E-state index contributed by atoms with van der Waals surface area (Å²) in [5, 5.41) is 3.17. The minimum absolute atomic E-state index is 0.0807. The number of fused-ring (bicyclic) bond motifs is 1. The van der Waals surface area contributed by atoms with Crippen LogP contribution in [0.5, 0.6) is 0 Å². The van der Waals surface area contributed by atoms with Crippen LogP contribution in [0.4, 0.5) is 11.4 Å². The molecule has 1 aromatic heterocycles. The second kappa shape index (κ2) is 11.5. The maximum atomic E-state index is 13.5. The number of benzene rings is 2. The first-order valence-electron chi connectivity index (χ1n) is 12.4. The van der Waals surface area contributed by atoms with E-state index >= 15 is 0 Å². The standard InChI is InChI=1S/C29H29N5O4S/c1-19-25(28(35)37-3)27(34-24-9-5-4-8-23(24)32-39-34)26(20(2)31-19)29(36)38-16-6-7-21-10-12-22(13-11-21)17-33-15-14-30-18-33/h4-15,18,27,31-32H,16-17H2,1-3H3/b7-6+. The van der Waals surface area contributed by atoms with E-state index < -0.39 is 18.0 Å². The molecule has 0 saturated heterocycles. The highest BCUT2D eigenvalue weighted by Gasteiger charge is 2.43. The monoisotopic (exact) mass is 543 g/mol. The minimum Gasteiger partial charge on any atom is -0.466 e. The maximum absolute atomic E-state index is 13.5. The molecule has 0 fully saturated rings. The lowest BCUT2D eigenvalue weighted by atomic mass is 9.91. The van der Waals surface area contributed by atoms with E-state index in [2.05, 4.69) is 27.2 Å². The normalized spacial score (nSPS) is 16.7. The van der Waals surface area contributed by atoms with E-state index in [1.165, 1.54) is 19.2 Å². The number of carbonyl (C=O) groups excluding carboxylic acids is 2. The number of esters is 2. The molecule has 3 heterocycles. The number of ether oxygens (including phenoxy) is 2. The number of aromatic nitrogens is 2. The Morgan fingerprint density at radius 3 is 2.51 bits per heavy atom. The molecule has 1 atom stereocenters. The fraction of sp³-hybridized carbons (Fsp3) is 0.207. The van der Waals surface area contributed by atoms with Crippen LogP contribution in [0, 0.1) is 0 Å². The molecule has 0 amide bonds. The molecule has 3 aromatic rings. The fourth-order valence-electron chi connectivity index (χ4n) is 4.65. The van der Waals surface area contributed by atoms with Gasteiger partial charge >= 0.3 is 11.9 Å². The Morgan fingerprint density at radius 1 is 1.05 bits per heavy atom. The van der Waals surface area contributed by atoms with Crippen LogP contribution in [0.15, 0.2) is 95.9 Å². The highest BCUT2D eigenvalue weighted by atomic mass is 32.2. The van der Waals surface area contributed by atoms with Crippen molar-refractivity contribution in [1.82, 2.24) is 14.9 Å². The van der Waals surface area contributed by atoms with Crippen LogP contribution in [0.2, 0.25) is 0 Å². The van der Waals surface area contributed by atoms with Crippen LogP contribution < -0.4 is 14.3 Å². The van der Waals surface area contributed by atoms with Crippen LogP contribution in [0.3, 0.4) is 0 Å². The quantitative estimate of drug-likeness (QED) is 0.310. The molecule has 0 bridgehead atoms. The molecule has 2 aliphatic heterocycles. The van der Waals surface area contributed by atoms with E-state index in [-0.39, 0.29) is 6.61 Å². The first kappa shape index (κ1) is 26.2. The van der Waals surface area contributed by atoms with E-state index in [0.717, 1.165) is 29.0 Å². The molecule has 0 aliphatic carbocycles. The van der Waals surface area contributed by atoms with Gasteiger partial charge in [0.1, 0.15) is 12.6 Å². The summed E-state index contributed by atoms with van der Waals surface area (Å²) in [4.78, 5) is 30.4. The first-order valence-corrected chi connectivity index (χ1v) is 13.2. The van der Waals surface area contributed by atoms with Crippen molar-refractivity contribution < 1.29 is 19.1 Å². The van der Waals surface area contributed by atoms with Crippen molar-refractivity contribution in [3.8, 4) is 0 Å². The van der Waals surface area contributed by atoms with Gasteiger partial charge in [0.25, 0.3) is 0 Å². The van der Waals surface area contributed by atoms with E-state index in [4.69, 9.17) is 9.47 Å². The third-order valence-corrected chi connectivity index (χ3v) is 7.43. The summed E-state index contributed by atoms with van der Waals surface area (Å²) < 4.78 is 18.0. The van der Waals surface area contributed by atoms with Crippen molar-refractivity contribution in [3.63, 3.8) is 0 Å².